The summed E-state index contributed by atoms with van der Waals surface area (Å²) in [5, 5.41) is 0. The highest BCUT2D eigenvalue weighted by molar-refractivity contribution is 7.90. The van der Waals surface area contributed by atoms with Gasteiger partial charge < -0.3 is 9.80 Å². The Balaban J connectivity index is 2.25. The normalized spacial score (nSPS) is 14.7. The van der Waals surface area contributed by atoms with E-state index in [-0.39, 0.29) is 5.75 Å². The van der Waals surface area contributed by atoms with Crippen molar-refractivity contribution in [3.05, 3.63) is 23.8 Å². The number of hydrogen-bond acceptors (Lipinski definition) is 5. The minimum Gasteiger partial charge on any atom is -0.374 e. The van der Waals surface area contributed by atoms with Crippen LogP contribution in [0, 0.1) is 0 Å². The van der Waals surface area contributed by atoms with Gasteiger partial charge in [0, 0.05) is 32.6 Å². The Morgan fingerprint density at radius 2 is 1.90 bits per heavy atom. The number of rotatable bonds is 4. The maximum absolute atomic E-state index is 11.7. The molecule has 108 valence electrons. The highest BCUT2D eigenvalue weighted by Crippen LogP contribution is 2.31. The number of benzene rings is 1. The zero-order valence-corrected chi connectivity index (χ0v) is 12.4. The van der Waals surface area contributed by atoms with Gasteiger partial charge in [0.2, 0.25) is 0 Å². The minimum atomic E-state index is -3.03. The van der Waals surface area contributed by atoms with Crippen LogP contribution < -0.4 is 9.80 Å². The summed E-state index contributed by atoms with van der Waals surface area (Å²) in [6.07, 6.45) is 1.19. The molecule has 0 unspecified atom stereocenters. The predicted octanol–water partition coefficient (Wildman–Crippen LogP) is 0.327. The molecule has 0 N–H and O–H groups in total. The van der Waals surface area contributed by atoms with E-state index in [2.05, 4.69) is 0 Å². The highest BCUT2D eigenvalue weighted by Gasteiger charge is 2.33. The number of sulfone groups is 1. The second-order valence-corrected chi connectivity index (χ2v) is 7.21. The van der Waals surface area contributed by atoms with E-state index in [1.54, 1.807) is 37.2 Å². The number of likely N-dealkylation sites (N-methyl/N-ethyl adjacent to an activating group) is 1. The van der Waals surface area contributed by atoms with Crippen molar-refractivity contribution in [2.75, 3.05) is 42.4 Å². The molecular formula is C13H16N2O4S. The van der Waals surface area contributed by atoms with E-state index in [9.17, 15) is 18.0 Å². The number of ketones is 1. The lowest BCUT2D eigenvalue weighted by Gasteiger charge is -2.20. The molecule has 0 bridgehead atoms. The van der Waals surface area contributed by atoms with Crippen LogP contribution in [0.3, 0.4) is 0 Å². The summed E-state index contributed by atoms with van der Waals surface area (Å²) in [5.74, 6) is -1.00. The molecule has 0 saturated heterocycles. The van der Waals surface area contributed by atoms with Crippen LogP contribution in [-0.2, 0) is 14.6 Å². The zero-order valence-electron chi connectivity index (χ0n) is 11.6. The van der Waals surface area contributed by atoms with Crippen molar-refractivity contribution in [2.45, 2.75) is 0 Å². The average molecular weight is 296 g/mol. The van der Waals surface area contributed by atoms with Crippen LogP contribution in [0.4, 0.5) is 11.4 Å². The molecule has 0 aromatic heterocycles. The molecule has 0 radical (unpaired) electrons. The van der Waals surface area contributed by atoms with Crippen LogP contribution in [0.25, 0.3) is 0 Å². The first-order valence-electron chi connectivity index (χ1n) is 6.06. The molecule has 1 aliphatic heterocycles. The second-order valence-electron chi connectivity index (χ2n) is 4.95. The topological polar surface area (TPSA) is 74.8 Å². The maximum Gasteiger partial charge on any atom is 0.299 e. The van der Waals surface area contributed by atoms with Crippen molar-refractivity contribution in [3.8, 4) is 0 Å². The van der Waals surface area contributed by atoms with Gasteiger partial charge in [0.05, 0.1) is 17.0 Å². The van der Waals surface area contributed by atoms with Gasteiger partial charge in [-0.25, -0.2) is 8.42 Å². The van der Waals surface area contributed by atoms with E-state index >= 15 is 0 Å². The molecule has 7 heteroatoms. The van der Waals surface area contributed by atoms with E-state index in [1.807, 2.05) is 0 Å². The minimum absolute atomic E-state index is 0.0499. The van der Waals surface area contributed by atoms with Crippen LogP contribution >= 0.6 is 0 Å². The fourth-order valence-electron chi connectivity index (χ4n) is 2.04. The Kier molecular flexibility index (Phi) is 3.56. The van der Waals surface area contributed by atoms with Crippen molar-refractivity contribution < 1.29 is 18.0 Å². The number of hydrogen-bond donors (Lipinski definition) is 0. The monoisotopic (exact) mass is 296 g/mol. The van der Waals surface area contributed by atoms with Crippen LogP contribution in [-0.4, -0.2) is 52.8 Å². The Morgan fingerprint density at radius 1 is 1.25 bits per heavy atom. The number of amides is 1. The standard InChI is InChI=1S/C13H16N2O4S/c1-14(6-7-20(3,18)19)9-4-5-10-11(8-9)15(2)13(17)12(10)16/h4-5,8H,6-7H2,1-3H3. The van der Waals surface area contributed by atoms with Crippen LogP contribution in [0.15, 0.2) is 18.2 Å². The number of carbonyl (C=O) groups excluding carboxylic acids is 2. The number of anilines is 2. The lowest BCUT2D eigenvalue weighted by atomic mass is 10.1. The molecule has 0 spiro atoms. The van der Waals surface area contributed by atoms with Gasteiger partial charge in [-0.3, -0.25) is 9.59 Å². The molecule has 2 rings (SSSR count). The van der Waals surface area contributed by atoms with E-state index < -0.39 is 21.5 Å². The van der Waals surface area contributed by atoms with Crippen LogP contribution in [0.5, 0.6) is 0 Å². The Labute approximate surface area is 117 Å². The van der Waals surface area contributed by atoms with Crippen molar-refractivity contribution in [1.82, 2.24) is 0 Å². The van der Waals surface area contributed by atoms with Gasteiger partial charge in [-0.15, -0.1) is 0 Å². The average Bonchev–Trinajstić information content (AvgIpc) is 2.60. The number of carbonyl (C=O) groups is 2. The quantitative estimate of drug-likeness (QED) is 0.748. The largest absolute Gasteiger partial charge is 0.374 e. The Bertz CT molecular complexity index is 682. The third kappa shape index (κ3) is 2.67. The van der Waals surface area contributed by atoms with Crippen molar-refractivity contribution >= 4 is 32.9 Å². The van der Waals surface area contributed by atoms with Gasteiger partial charge in [0.25, 0.3) is 11.7 Å². The summed E-state index contributed by atoms with van der Waals surface area (Å²) in [5.41, 5.74) is 1.71. The molecule has 1 aromatic carbocycles. The second kappa shape index (κ2) is 4.90. The summed E-state index contributed by atoms with van der Waals surface area (Å²) in [4.78, 5) is 26.3. The summed E-state index contributed by atoms with van der Waals surface area (Å²) in [6, 6.07) is 5.04. The Morgan fingerprint density at radius 3 is 2.50 bits per heavy atom. The first-order chi connectivity index (χ1) is 9.20. The molecule has 1 aromatic rings. The van der Waals surface area contributed by atoms with E-state index in [1.165, 1.54) is 11.2 Å². The third-order valence-electron chi connectivity index (χ3n) is 3.32. The molecule has 0 saturated carbocycles. The maximum atomic E-state index is 11.7. The molecule has 0 fully saturated rings. The summed E-state index contributed by atoms with van der Waals surface area (Å²) >= 11 is 0. The SMILES string of the molecule is CN(CCS(C)(=O)=O)c1ccc2c(c1)N(C)C(=O)C2=O. The van der Waals surface area contributed by atoms with Crippen LogP contribution in [0.2, 0.25) is 0 Å². The predicted molar refractivity (Wildman–Crippen MR) is 77.2 cm³/mol. The first-order valence-corrected chi connectivity index (χ1v) is 8.12. The lowest BCUT2D eigenvalue weighted by molar-refractivity contribution is -0.114. The van der Waals surface area contributed by atoms with Crippen molar-refractivity contribution in [2.24, 2.45) is 0 Å². The molecule has 1 aliphatic rings. The van der Waals surface area contributed by atoms with Crippen LogP contribution in [0.1, 0.15) is 10.4 Å². The molecule has 6 nitrogen and oxygen atoms in total. The van der Waals surface area contributed by atoms with Crippen molar-refractivity contribution in [1.29, 1.82) is 0 Å². The summed E-state index contributed by atoms with van der Waals surface area (Å²) < 4.78 is 22.3. The summed E-state index contributed by atoms with van der Waals surface area (Å²) in [6.45, 7) is 0.350. The van der Waals surface area contributed by atoms with Gasteiger partial charge in [0.1, 0.15) is 9.84 Å². The fourth-order valence-corrected chi connectivity index (χ4v) is 2.64. The van der Waals surface area contributed by atoms with Gasteiger partial charge >= 0.3 is 0 Å². The molecule has 20 heavy (non-hydrogen) atoms. The zero-order chi connectivity index (χ0) is 15.1. The third-order valence-corrected chi connectivity index (χ3v) is 4.25. The molecule has 1 amide bonds. The molecule has 0 aliphatic carbocycles. The van der Waals surface area contributed by atoms with Gasteiger partial charge in [-0.1, -0.05) is 0 Å². The van der Waals surface area contributed by atoms with Gasteiger partial charge in [0.15, 0.2) is 0 Å². The lowest BCUT2D eigenvalue weighted by Crippen LogP contribution is -2.26. The van der Waals surface area contributed by atoms with E-state index in [4.69, 9.17) is 0 Å². The smallest absolute Gasteiger partial charge is 0.299 e. The summed E-state index contributed by atoms with van der Waals surface area (Å²) in [7, 11) is 0.290. The Hall–Kier alpha value is -1.89. The molecular weight excluding hydrogens is 280 g/mol. The fraction of sp³-hybridized carbons (Fsp3) is 0.385. The highest BCUT2D eigenvalue weighted by atomic mass is 32.2. The van der Waals surface area contributed by atoms with Gasteiger partial charge in [-0.05, 0) is 18.2 Å². The number of Topliss-reactive ketones (excluding diaryl/α,β-unsaturated/α-hetero) is 1. The van der Waals surface area contributed by atoms with E-state index in [0.717, 1.165) is 5.69 Å². The number of fused-ring (bicyclic) bond motifs is 1. The van der Waals surface area contributed by atoms with Gasteiger partial charge in [-0.2, -0.15) is 0 Å². The van der Waals surface area contributed by atoms with E-state index in [0.29, 0.717) is 17.8 Å². The first kappa shape index (κ1) is 14.5. The number of nitrogens with zero attached hydrogens (tertiary/aromatic N) is 2. The molecule has 1 heterocycles. The van der Waals surface area contributed by atoms with Crippen molar-refractivity contribution in [3.63, 3.8) is 0 Å². The molecule has 0 atom stereocenters.